The summed E-state index contributed by atoms with van der Waals surface area (Å²) in [4.78, 5) is 14.7. The number of rotatable bonds is 2. The second kappa shape index (κ2) is 5.01. The minimum Gasteiger partial charge on any atom is -0.345 e. The van der Waals surface area contributed by atoms with Gasteiger partial charge in [-0.05, 0) is 12.1 Å². The Kier molecular flexibility index (Phi) is 3.17. The largest absolute Gasteiger partial charge is 0.416 e. The van der Waals surface area contributed by atoms with Crippen molar-refractivity contribution in [1.29, 1.82) is 0 Å². The van der Waals surface area contributed by atoms with E-state index in [-0.39, 0.29) is 0 Å². The van der Waals surface area contributed by atoms with Gasteiger partial charge in [0.25, 0.3) is 0 Å². The maximum atomic E-state index is 12.6. The number of alkyl halides is 3. The Balaban J connectivity index is 2.06. The third kappa shape index (κ3) is 2.62. The average molecular weight is 289 g/mol. The van der Waals surface area contributed by atoms with Gasteiger partial charge in [0.15, 0.2) is 6.33 Å². The van der Waals surface area contributed by atoms with E-state index in [1.165, 1.54) is 24.7 Å². The number of nitrogens with zero attached hydrogens (tertiary/aromatic N) is 3. The maximum absolute atomic E-state index is 12.6. The maximum Gasteiger partial charge on any atom is 0.416 e. The van der Waals surface area contributed by atoms with E-state index in [9.17, 15) is 13.2 Å². The predicted octanol–water partition coefficient (Wildman–Crippen LogP) is 3.35. The van der Waals surface area contributed by atoms with E-state index in [1.807, 2.05) is 0 Å². The predicted molar refractivity (Wildman–Crippen MR) is 68.9 cm³/mol. The van der Waals surface area contributed by atoms with E-state index in [0.717, 1.165) is 12.1 Å². The molecule has 0 aliphatic heterocycles. The summed E-state index contributed by atoms with van der Waals surface area (Å²) < 4.78 is 37.7. The molecule has 4 nitrogen and oxygen atoms in total. The SMILES string of the molecule is FC(F)(F)c1ccc(-c2n[c]ncc2-c2cnc[nH]2)cc1. The van der Waals surface area contributed by atoms with Gasteiger partial charge in [-0.1, -0.05) is 12.1 Å². The Labute approximate surface area is 117 Å². The number of nitrogens with one attached hydrogen (secondary N) is 1. The highest BCUT2D eigenvalue weighted by atomic mass is 19.4. The molecule has 0 saturated heterocycles. The summed E-state index contributed by atoms with van der Waals surface area (Å²) in [5.74, 6) is 0. The monoisotopic (exact) mass is 289 g/mol. The number of H-pyrrole nitrogens is 1. The molecule has 3 rings (SSSR count). The van der Waals surface area contributed by atoms with Crippen LogP contribution in [0.1, 0.15) is 5.56 Å². The second-order valence-electron chi connectivity index (χ2n) is 4.27. The van der Waals surface area contributed by atoms with Gasteiger partial charge < -0.3 is 4.98 Å². The van der Waals surface area contributed by atoms with Crippen molar-refractivity contribution in [3.8, 4) is 22.5 Å². The second-order valence-corrected chi connectivity index (χ2v) is 4.27. The smallest absolute Gasteiger partial charge is 0.345 e. The van der Waals surface area contributed by atoms with Crippen molar-refractivity contribution in [3.63, 3.8) is 0 Å². The van der Waals surface area contributed by atoms with Crippen molar-refractivity contribution in [2.24, 2.45) is 0 Å². The van der Waals surface area contributed by atoms with Gasteiger partial charge in [-0.15, -0.1) is 0 Å². The fourth-order valence-electron chi connectivity index (χ4n) is 1.93. The third-order valence-electron chi connectivity index (χ3n) is 2.94. The number of halogens is 3. The molecular weight excluding hydrogens is 281 g/mol. The summed E-state index contributed by atoms with van der Waals surface area (Å²) in [6.45, 7) is 0. The molecule has 0 aliphatic rings. The van der Waals surface area contributed by atoms with Crippen LogP contribution in [-0.2, 0) is 6.18 Å². The Morgan fingerprint density at radius 3 is 2.43 bits per heavy atom. The van der Waals surface area contributed by atoms with Crippen molar-refractivity contribution in [2.75, 3.05) is 0 Å². The van der Waals surface area contributed by atoms with Crippen molar-refractivity contribution in [2.45, 2.75) is 6.18 Å². The molecule has 1 radical (unpaired) electrons. The lowest BCUT2D eigenvalue weighted by atomic mass is 10.0. The van der Waals surface area contributed by atoms with Crippen molar-refractivity contribution in [3.05, 3.63) is 54.9 Å². The first-order valence-corrected chi connectivity index (χ1v) is 5.95. The number of imidazole rings is 1. The summed E-state index contributed by atoms with van der Waals surface area (Å²) in [5, 5.41) is 0. The molecule has 0 saturated carbocycles. The zero-order valence-electron chi connectivity index (χ0n) is 10.5. The normalized spacial score (nSPS) is 11.6. The van der Waals surface area contributed by atoms with E-state index in [2.05, 4.69) is 26.3 Å². The summed E-state index contributed by atoms with van der Waals surface area (Å²) in [6.07, 6.45) is 2.72. The van der Waals surface area contributed by atoms with Crippen LogP contribution in [0.4, 0.5) is 13.2 Å². The molecule has 7 heteroatoms. The number of aromatic nitrogens is 4. The van der Waals surface area contributed by atoms with Crippen LogP contribution < -0.4 is 0 Å². The molecule has 2 heterocycles. The van der Waals surface area contributed by atoms with E-state index in [4.69, 9.17) is 0 Å². The zero-order valence-corrected chi connectivity index (χ0v) is 10.5. The van der Waals surface area contributed by atoms with E-state index in [0.29, 0.717) is 22.5 Å². The molecule has 0 aliphatic carbocycles. The van der Waals surface area contributed by atoms with Crippen LogP contribution in [0.2, 0.25) is 0 Å². The molecule has 2 aromatic heterocycles. The zero-order chi connectivity index (χ0) is 14.9. The third-order valence-corrected chi connectivity index (χ3v) is 2.94. The summed E-state index contributed by atoms with van der Waals surface area (Å²) in [7, 11) is 0. The molecule has 0 atom stereocenters. The summed E-state index contributed by atoms with van der Waals surface area (Å²) in [5.41, 5.74) is 1.66. The van der Waals surface area contributed by atoms with Gasteiger partial charge in [-0.3, -0.25) is 0 Å². The highest BCUT2D eigenvalue weighted by Crippen LogP contribution is 2.32. The van der Waals surface area contributed by atoms with E-state index >= 15 is 0 Å². The number of hydrogen-bond acceptors (Lipinski definition) is 3. The van der Waals surface area contributed by atoms with Crippen LogP contribution in [0.15, 0.2) is 43.0 Å². The topological polar surface area (TPSA) is 54.5 Å². The standard InChI is InChI=1S/C14H8F3N4/c15-14(16,17)10-3-1-9(2-4-10)13-11(5-18-8-21-13)12-6-19-7-20-12/h1-7H,(H,19,20). The van der Waals surface area contributed by atoms with Gasteiger partial charge in [0.05, 0.1) is 29.5 Å². The Morgan fingerprint density at radius 2 is 1.81 bits per heavy atom. The van der Waals surface area contributed by atoms with Crippen LogP contribution in [-0.4, -0.2) is 19.9 Å². The fourth-order valence-corrected chi connectivity index (χ4v) is 1.93. The Morgan fingerprint density at radius 1 is 1.05 bits per heavy atom. The summed E-state index contributed by atoms with van der Waals surface area (Å²) >= 11 is 0. The van der Waals surface area contributed by atoms with Gasteiger partial charge in [0.1, 0.15) is 0 Å². The molecule has 0 bridgehead atoms. The van der Waals surface area contributed by atoms with Crippen molar-refractivity contribution in [1.82, 2.24) is 19.9 Å². The first-order chi connectivity index (χ1) is 10.1. The van der Waals surface area contributed by atoms with Crippen LogP contribution in [0.3, 0.4) is 0 Å². The highest BCUT2D eigenvalue weighted by molar-refractivity contribution is 5.77. The highest BCUT2D eigenvalue weighted by Gasteiger charge is 2.30. The van der Waals surface area contributed by atoms with E-state index < -0.39 is 11.7 Å². The molecule has 0 spiro atoms. The molecule has 3 aromatic rings. The van der Waals surface area contributed by atoms with Crippen molar-refractivity contribution >= 4 is 0 Å². The quantitative estimate of drug-likeness (QED) is 0.787. The molecule has 1 aromatic carbocycles. The molecule has 1 N–H and O–H groups in total. The average Bonchev–Trinajstić information content (AvgIpc) is 3.01. The number of hydrogen-bond donors (Lipinski definition) is 1. The van der Waals surface area contributed by atoms with Crippen LogP contribution in [0.5, 0.6) is 0 Å². The lowest BCUT2D eigenvalue weighted by Crippen LogP contribution is -2.04. The van der Waals surface area contributed by atoms with Crippen molar-refractivity contribution < 1.29 is 13.2 Å². The summed E-state index contributed by atoms with van der Waals surface area (Å²) in [6, 6.07) is 4.79. The molecular formula is C14H8F3N4. The lowest BCUT2D eigenvalue weighted by Gasteiger charge is -2.09. The van der Waals surface area contributed by atoms with Gasteiger partial charge in [-0.25, -0.2) is 15.0 Å². The van der Waals surface area contributed by atoms with Gasteiger partial charge in [0.2, 0.25) is 0 Å². The Bertz CT molecular complexity index is 734. The van der Waals surface area contributed by atoms with E-state index in [1.54, 1.807) is 6.20 Å². The number of aromatic amines is 1. The van der Waals surface area contributed by atoms with Crippen LogP contribution in [0.25, 0.3) is 22.5 Å². The van der Waals surface area contributed by atoms with Gasteiger partial charge in [0, 0.05) is 17.3 Å². The van der Waals surface area contributed by atoms with Gasteiger partial charge in [-0.2, -0.15) is 13.2 Å². The Hall–Kier alpha value is -2.70. The minimum absolute atomic E-state index is 0.489. The van der Waals surface area contributed by atoms with Gasteiger partial charge >= 0.3 is 6.18 Å². The molecule has 0 unspecified atom stereocenters. The fraction of sp³-hybridized carbons (Fsp3) is 0.0714. The number of benzene rings is 1. The molecule has 21 heavy (non-hydrogen) atoms. The molecule has 0 fully saturated rings. The molecule has 0 amide bonds. The van der Waals surface area contributed by atoms with Crippen LogP contribution in [0, 0.1) is 6.33 Å². The first kappa shape index (κ1) is 13.3. The van der Waals surface area contributed by atoms with Crippen LogP contribution >= 0.6 is 0 Å². The first-order valence-electron chi connectivity index (χ1n) is 5.95. The lowest BCUT2D eigenvalue weighted by molar-refractivity contribution is -0.137. The minimum atomic E-state index is -4.36. The molecule has 105 valence electrons.